The van der Waals surface area contributed by atoms with E-state index in [1.807, 2.05) is 30.3 Å². The minimum absolute atomic E-state index is 0.234. The molecule has 0 aliphatic carbocycles. The van der Waals surface area contributed by atoms with E-state index >= 15 is 0 Å². The summed E-state index contributed by atoms with van der Waals surface area (Å²) in [6, 6.07) is 12.3. The van der Waals surface area contributed by atoms with E-state index in [0.29, 0.717) is 10.0 Å². The molecule has 2 aromatic rings. The molecule has 112 valence electrons. The normalized spacial score (nSPS) is 17.8. The first-order chi connectivity index (χ1) is 10.5. The van der Waals surface area contributed by atoms with Crippen LogP contribution in [0.3, 0.4) is 0 Å². The number of hydrogen-bond donors (Lipinski definition) is 2. The van der Waals surface area contributed by atoms with Gasteiger partial charge in [0.1, 0.15) is 0 Å². The Kier molecular flexibility index (Phi) is 4.05. The van der Waals surface area contributed by atoms with E-state index < -0.39 is 6.03 Å². The van der Waals surface area contributed by atoms with Crippen molar-refractivity contribution in [1.82, 2.24) is 10.6 Å². The van der Waals surface area contributed by atoms with Crippen molar-refractivity contribution in [1.29, 1.82) is 0 Å². The van der Waals surface area contributed by atoms with Gasteiger partial charge in [-0.3, -0.25) is 10.1 Å². The van der Waals surface area contributed by atoms with E-state index in [1.54, 1.807) is 12.1 Å². The molecular weight excluding hydrogens is 323 g/mol. The molecule has 0 saturated carbocycles. The standard InChI is InChI=1S/C16H12Cl2N2O2/c17-12-6-5-11(7-13(12)18)9-1-3-10(4-2-9)14-8-15(21)20-16(22)19-14/h1-7,14H,8H2,(H2,19,20,21,22). The van der Waals surface area contributed by atoms with Crippen molar-refractivity contribution in [2.45, 2.75) is 12.5 Å². The summed E-state index contributed by atoms with van der Waals surface area (Å²) >= 11 is 11.9. The number of nitrogens with one attached hydrogen (secondary N) is 2. The summed E-state index contributed by atoms with van der Waals surface area (Å²) in [6.07, 6.45) is 0.234. The number of carbonyl (C=O) groups excluding carboxylic acids is 2. The molecule has 0 spiro atoms. The van der Waals surface area contributed by atoms with Crippen LogP contribution in [0.25, 0.3) is 11.1 Å². The maximum atomic E-state index is 11.4. The van der Waals surface area contributed by atoms with Crippen LogP contribution in [0, 0.1) is 0 Å². The van der Waals surface area contributed by atoms with Crippen LogP contribution >= 0.6 is 23.2 Å². The van der Waals surface area contributed by atoms with Crippen molar-refractivity contribution < 1.29 is 9.59 Å². The third-order valence-electron chi connectivity index (χ3n) is 3.51. The van der Waals surface area contributed by atoms with Gasteiger partial charge in [0.2, 0.25) is 5.91 Å². The van der Waals surface area contributed by atoms with Gasteiger partial charge < -0.3 is 5.32 Å². The lowest BCUT2D eigenvalue weighted by Crippen LogP contribution is -2.48. The largest absolute Gasteiger partial charge is 0.330 e. The third kappa shape index (κ3) is 3.08. The molecule has 3 rings (SSSR count). The molecule has 0 radical (unpaired) electrons. The van der Waals surface area contributed by atoms with Crippen molar-refractivity contribution in [3.63, 3.8) is 0 Å². The van der Waals surface area contributed by atoms with Gasteiger partial charge in [-0.1, -0.05) is 53.5 Å². The quantitative estimate of drug-likeness (QED) is 0.874. The second-order valence-electron chi connectivity index (χ2n) is 5.03. The molecule has 2 N–H and O–H groups in total. The summed E-state index contributed by atoms with van der Waals surface area (Å²) in [5.74, 6) is -0.276. The van der Waals surface area contributed by atoms with Gasteiger partial charge in [0.05, 0.1) is 22.5 Å². The second kappa shape index (κ2) is 5.99. The van der Waals surface area contributed by atoms with Gasteiger partial charge >= 0.3 is 6.03 Å². The first-order valence-electron chi connectivity index (χ1n) is 6.68. The summed E-state index contributed by atoms with van der Waals surface area (Å²) in [5.41, 5.74) is 2.81. The van der Waals surface area contributed by atoms with Gasteiger partial charge in [0, 0.05) is 0 Å². The third-order valence-corrected chi connectivity index (χ3v) is 4.25. The lowest BCUT2D eigenvalue weighted by molar-refractivity contribution is -0.121. The van der Waals surface area contributed by atoms with Crippen molar-refractivity contribution in [3.05, 3.63) is 58.1 Å². The molecule has 2 aromatic carbocycles. The fourth-order valence-corrected chi connectivity index (χ4v) is 2.69. The van der Waals surface area contributed by atoms with Crippen molar-refractivity contribution in [3.8, 4) is 11.1 Å². The van der Waals surface area contributed by atoms with Gasteiger partial charge in [-0.2, -0.15) is 0 Å². The predicted molar refractivity (Wildman–Crippen MR) is 85.9 cm³/mol. The van der Waals surface area contributed by atoms with Crippen LogP contribution in [-0.4, -0.2) is 11.9 Å². The molecule has 4 nitrogen and oxygen atoms in total. The summed E-state index contributed by atoms with van der Waals surface area (Å²) in [6.45, 7) is 0. The Bertz CT molecular complexity index is 728. The van der Waals surface area contributed by atoms with Crippen LogP contribution < -0.4 is 10.6 Å². The lowest BCUT2D eigenvalue weighted by Gasteiger charge is -2.23. The molecule has 6 heteroatoms. The Morgan fingerprint density at radius 2 is 1.59 bits per heavy atom. The molecular formula is C16H12Cl2N2O2. The zero-order valence-electron chi connectivity index (χ0n) is 11.4. The minimum Gasteiger partial charge on any atom is -0.330 e. The van der Waals surface area contributed by atoms with E-state index in [-0.39, 0.29) is 18.4 Å². The van der Waals surface area contributed by atoms with Gasteiger partial charge in [0.15, 0.2) is 0 Å². The molecule has 1 atom stereocenters. The highest BCUT2D eigenvalue weighted by Gasteiger charge is 2.24. The van der Waals surface area contributed by atoms with Crippen molar-refractivity contribution in [2.75, 3.05) is 0 Å². The van der Waals surface area contributed by atoms with Crippen LogP contribution in [-0.2, 0) is 4.79 Å². The smallest absolute Gasteiger partial charge is 0.321 e. The first kappa shape index (κ1) is 14.9. The van der Waals surface area contributed by atoms with E-state index in [9.17, 15) is 9.59 Å². The zero-order valence-corrected chi connectivity index (χ0v) is 12.9. The van der Waals surface area contributed by atoms with Crippen LogP contribution in [0.1, 0.15) is 18.0 Å². The van der Waals surface area contributed by atoms with Crippen LogP contribution in [0.4, 0.5) is 4.79 Å². The summed E-state index contributed by atoms with van der Waals surface area (Å²) in [5, 5.41) is 5.95. The highest BCUT2D eigenvalue weighted by atomic mass is 35.5. The number of rotatable bonds is 2. The number of carbonyl (C=O) groups is 2. The molecule has 0 bridgehead atoms. The number of hydrogen-bond acceptors (Lipinski definition) is 2. The maximum Gasteiger partial charge on any atom is 0.321 e. The van der Waals surface area contributed by atoms with Gasteiger partial charge in [0.25, 0.3) is 0 Å². The average molecular weight is 335 g/mol. The minimum atomic E-state index is -0.463. The molecule has 1 aliphatic rings. The van der Waals surface area contributed by atoms with E-state index in [4.69, 9.17) is 23.2 Å². The number of amides is 3. The first-order valence-corrected chi connectivity index (χ1v) is 7.44. The topological polar surface area (TPSA) is 58.2 Å². The number of imide groups is 1. The van der Waals surface area contributed by atoms with Gasteiger partial charge in [-0.25, -0.2) is 4.79 Å². The second-order valence-corrected chi connectivity index (χ2v) is 5.84. The van der Waals surface area contributed by atoms with E-state index in [1.165, 1.54) is 0 Å². The fraction of sp³-hybridized carbons (Fsp3) is 0.125. The monoisotopic (exact) mass is 334 g/mol. The predicted octanol–water partition coefficient (Wildman–Crippen LogP) is 3.93. The highest BCUT2D eigenvalue weighted by molar-refractivity contribution is 6.42. The number of halogens is 2. The summed E-state index contributed by atoms with van der Waals surface area (Å²) < 4.78 is 0. The van der Waals surface area contributed by atoms with Crippen LogP contribution in [0.15, 0.2) is 42.5 Å². The molecule has 1 saturated heterocycles. The van der Waals surface area contributed by atoms with Crippen molar-refractivity contribution >= 4 is 35.1 Å². The SMILES string of the molecule is O=C1CC(c2ccc(-c3ccc(Cl)c(Cl)c3)cc2)NC(=O)N1. The summed E-state index contributed by atoms with van der Waals surface area (Å²) in [4.78, 5) is 22.8. The fourth-order valence-electron chi connectivity index (χ4n) is 2.39. The molecule has 22 heavy (non-hydrogen) atoms. The molecule has 1 unspecified atom stereocenters. The lowest BCUT2D eigenvalue weighted by atomic mass is 9.98. The molecule has 1 fully saturated rings. The molecule has 3 amide bonds. The van der Waals surface area contributed by atoms with Crippen LogP contribution in [0.2, 0.25) is 10.0 Å². The van der Waals surface area contributed by atoms with Gasteiger partial charge in [-0.05, 0) is 28.8 Å². The molecule has 1 aliphatic heterocycles. The highest BCUT2D eigenvalue weighted by Crippen LogP contribution is 2.29. The maximum absolute atomic E-state index is 11.4. The number of benzene rings is 2. The van der Waals surface area contributed by atoms with E-state index in [0.717, 1.165) is 16.7 Å². The number of urea groups is 1. The Balaban J connectivity index is 1.84. The molecule has 0 aromatic heterocycles. The Morgan fingerprint density at radius 3 is 2.23 bits per heavy atom. The Morgan fingerprint density at radius 1 is 0.909 bits per heavy atom. The Labute approximate surface area is 137 Å². The average Bonchev–Trinajstić information content (AvgIpc) is 2.49. The molecule has 1 heterocycles. The summed E-state index contributed by atoms with van der Waals surface area (Å²) in [7, 11) is 0. The van der Waals surface area contributed by atoms with Crippen molar-refractivity contribution in [2.24, 2.45) is 0 Å². The van der Waals surface area contributed by atoms with E-state index in [2.05, 4.69) is 10.6 Å². The zero-order chi connectivity index (χ0) is 15.7. The Hall–Kier alpha value is -2.04. The van der Waals surface area contributed by atoms with Crippen LogP contribution in [0.5, 0.6) is 0 Å². The van der Waals surface area contributed by atoms with Gasteiger partial charge in [-0.15, -0.1) is 0 Å².